The monoisotopic (exact) mass is 280 g/mol. The summed E-state index contributed by atoms with van der Waals surface area (Å²) < 4.78 is 24.0. The number of nitrogens with two attached hydrogens (primary N) is 1. The average molecular weight is 280 g/mol. The van der Waals surface area contributed by atoms with E-state index >= 15 is 0 Å². The minimum Gasteiger partial charge on any atom is -0.409 e. The summed E-state index contributed by atoms with van der Waals surface area (Å²) in [6, 6.07) is 0. The van der Waals surface area contributed by atoms with Crippen molar-refractivity contribution in [2.24, 2.45) is 16.8 Å². The van der Waals surface area contributed by atoms with Crippen molar-refractivity contribution >= 4 is 15.9 Å². The van der Waals surface area contributed by atoms with E-state index in [2.05, 4.69) is 10.5 Å². The molecule has 0 saturated carbocycles. The second-order valence-corrected chi connectivity index (χ2v) is 6.22. The van der Waals surface area contributed by atoms with Crippen LogP contribution in [0, 0.1) is 5.92 Å². The normalized spacial score (nSPS) is 15.0. The molecule has 0 aliphatic heterocycles. The Bertz CT molecular complexity index is 356. The van der Waals surface area contributed by atoms with Gasteiger partial charge in [0.15, 0.2) is 0 Å². The zero-order valence-corrected chi connectivity index (χ0v) is 12.1. The maximum atomic E-state index is 11.3. The third kappa shape index (κ3) is 6.77. The second kappa shape index (κ2) is 8.28. The minimum absolute atomic E-state index is 0.0489. The predicted octanol–water partition coefficient (Wildman–Crippen LogP) is -0.370. The number of sulfonamides is 1. The fourth-order valence-corrected chi connectivity index (χ4v) is 2.39. The molecule has 18 heavy (non-hydrogen) atoms. The quantitative estimate of drug-likeness (QED) is 0.176. The van der Waals surface area contributed by atoms with E-state index in [9.17, 15) is 8.42 Å². The average Bonchev–Trinajstić information content (AvgIpc) is 2.30. The number of hydrogen-bond donors (Lipinski definition) is 3. The highest BCUT2D eigenvalue weighted by molar-refractivity contribution is 7.88. The van der Waals surface area contributed by atoms with Crippen LogP contribution in [0.4, 0.5) is 0 Å². The fraction of sp³-hybridized carbons (Fsp3) is 0.900. The molecule has 0 aromatic heterocycles. The Labute approximate surface area is 109 Å². The van der Waals surface area contributed by atoms with Crippen LogP contribution in [0.5, 0.6) is 0 Å². The molecule has 0 fully saturated rings. The molecule has 0 rings (SSSR count). The van der Waals surface area contributed by atoms with E-state index < -0.39 is 10.0 Å². The summed E-state index contributed by atoms with van der Waals surface area (Å²) in [4.78, 5) is 0. The van der Waals surface area contributed by atoms with Crippen LogP contribution >= 0.6 is 0 Å². The molecular weight excluding hydrogens is 256 g/mol. The fourth-order valence-electron chi connectivity index (χ4n) is 1.46. The van der Waals surface area contributed by atoms with Crippen LogP contribution < -0.4 is 11.1 Å². The van der Waals surface area contributed by atoms with Gasteiger partial charge in [0, 0.05) is 25.6 Å². The SMILES string of the molecule is CCN(CCCNCC(C)C(N)=NO)S(C)(=O)=O. The van der Waals surface area contributed by atoms with Crippen molar-refractivity contribution in [3.05, 3.63) is 0 Å². The molecule has 0 saturated heterocycles. The van der Waals surface area contributed by atoms with Crippen molar-refractivity contribution < 1.29 is 13.6 Å². The van der Waals surface area contributed by atoms with Crippen LogP contribution in [0.15, 0.2) is 5.16 Å². The second-order valence-electron chi connectivity index (χ2n) is 4.24. The molecule has 7 nitrogen and oxygen atoms in total. The van der Waals surface area contributed by atoms with Gasteiger partial charge in [-0.3, -0.25) is 0 Å². The lowest BCUT2D eigenvalue weighted by Gasteiger charge is -2.18. The standard InChI is InChI=1S/C10H24N4O3S/c1-4-14(18(3,16)17)7-5-6-12-8-9(2)10(11)13-15/h9,12,15H,4-8H2,1-3H3,(H2,11,13). The summed E-state index contributed by atoms with van der Waals surface area (Å²) in [6.45, 7) is 5.93. The summed E-state index contributed by atoms with van der Waals surface area (Å²) in [5, 5.41) is 14.5. The van der Waals surface area contributed by atoms with Crippen LogP contribution in [0.3, 0.4) is 0 Å². The first kappa shape index (κ1) is 17.1. The van der Waals surface area contributed by atoms with E-state index in [0.29, 0.717) is 26.2 Å². The van der Waals surface area contributed by atoms with Gasteiger partial charge in [0.25, 0.3) is 0 Å². The van der Waals surface area contributed by atoms with Gasteiger partial charge in [-0.15, -0.1) is 0 Å². The van der Waals surface area contributed by atoms with Crippen LogP contribution in [0.2, 0.25) is 0 Å². The minimum atomic E-state index is -3.10. The Morgan fingerprint density at radius 1 is 1.56 bits per heavy atom. The molecule has 0 aromatic carbocycles. The highest BCUT2D eigenvalue weighted by atomic mass is 32.2. The highest BCUT2D eigenvalue weighted by Crippen LogP contribution is 1.98. The maximum absolute atomic E-state index is 11.3. The third-order valence-electron chi connectivity index (χ3n) is 2.65. The molecule has 4 N–H and O–H groups in total. The van der Waals surface area contributed by atoms with Crippen molar-refractivity contribution in [3.63, 3.8) is 0 Å². The van der Waals surface area contributed by atoms with Crippen molar-refractivity contribution in [1.82, 2.24) is 9.62 Å². The molecule has 108 valence electrons. The van der Waals surface area contributed by atoms with Gasteiger partial charge in [-0.2, -0.15) is 0 Å². The Kier molecular flexibility index (Phi) is 7.88. The van der Waals surface area contributed by atoms with Crippen LogP contribution in [-0.2, 0) is 10.0 Å². The van der Waals surface area contributed by atoms with E-state index in [1.165, 1.54) is 10.6 Å². The molecule has 0 amide bonds. The largest absolute Gasteiger partial charge is 0.409 e. The van der Waals surface area contributed by atoms with Gasteiger partial charge in [-0.25, -0.2) is 12.7 Å². The summed E-state index contributed by atoms with van der Waals surface area (Å²) in [5.41, 5.74) is 5.43. The van der Waals surface area contributed by atoms with E-state index in [1.807, 2.05) is 13.8 Å². The molecule has 0 aromatic rings. The van der Waals surface area contributed by atoms with Crippen LogP contribution in [0.1, 0.15) is 20.3 Å². The number of amidine groups is 1. The lowest BCUT2D eigenvalue weighted by Crippen LogP contribution is -2.34. The number of nitrogens with zero attached hydrogens (tertiary/aromatic N) is 2. The summed E-state index contributed by atoms with van der Waals surface area (Å²) in [6.07, 6.45) is 1.94. The van der Waals surface area contributed by atoms with Gasteiger partial charge in [0.05, 0.1) is 6.26 Å². The number of rotatable bonds is 9. The molecule has 0 aliphatic rings. The molecule has 1 unspecified atom stereocenters. The predicted molar refractivity (Wildman–Crippen MR) is 72.2 cm³/mol. The van der Waals surface area contributed by atoms with Gasteiger partial charge in [-0.05, 0) is 13.0 Å². The summed E-state index contributed by atoms with van der Waals surface area (Å²) >= 11 is 0. The Morgan fingerprint density at radius 3 is 2.61 bits per heavy atom. The number of oxime groups is 1. The number of hydrogen-bond acceptors (Lipinski definition) is 5. The zero-order valence-electron chi connectivity index (χ0n) is 11.3. The van der Waals surface area contributed by atoms with Gasteiger partial charge >= 0.3 is 0 Å². The third-order valence-corrected chi connectivity index (χ3v) is 4.03. The van der Waals surface area contributed by atoms with E-state index in [0.717, 1.165) is 6.42 Å². The van der Waals surface area contributed by atoms with Crippen LogP contribution in [0.25, 0.3) is 0 Å². The summed E-state index contributed by atoms with van der Waals surface area (Å²) in [7, 11) is -3.10. The number of nitrogens with one attached hydrogen (secondary N) is 1. The Morgan fingerprint density at radius 2 is 2.17 bits per heavy atom. The van der Waals surface area contributed by atoms with Crippen molar-refractivity contribution in [3.8, 4) is 0 Å². The maximum Gasteiger partial charge on any atom is 0.211 e. The Balaban J connectivity index is 3.81. The molecular formula is C10H24N4O3S. The molecule has 0 heterocycles. The van der Waals surface area contributed by atoms with Crippen molar-refractivity contribution in [1.29, 1.82) is 0 Å². The van der Waals surface area contributed by atoms with E-state index in [4.69, 9.17) is 10.9 Å². The molecule has 8 heteroatoms. The van der Waals surface area contributed by atoms with Gasteiger partial charge < -0.3 is 16.3 Å². The van der Waals surface area contributed by atoms with Crippen molar-refractivity contribution in [2.75, 3.05) is 32.4 Å². The van der Waals surface area contributed by atoms with Gasteiger partial charge in [-0.1, -0.05) is 19.0 Å². The molecule has 0 radical (unpaired) electrons. The van der Waals surface area contributed by atoms with Crippen molar-refractivity contribution in [2.45, 2.75) is 20.3 Å². The Hall–Kier alpha value is -0.860. The van der Waals surface area contributed by atoms with E-state index in [1.54, 1.807) is 0 Å². The van der Waals surface area contributed by atoms with Gasteiger partial charge in [0.2, 0.25) is 10.0 Å². The van der Waals surface area contributed by atoms with Gasteiger partial charge in [0.1, 0.15) is 5.84 Å². The molecule has 0 spiro atoms. The lowest BCUT2D eigenvalue weighted by atomic mass is 10.1. The molecule has 1 atom stereocenters. The highest BCUT2D eigenvalue weighted by Gasteiger charge is 2.13. The topological polar surface area (TPSA) is 108 Å². The first-order valence-corrected chi connectivity index (χ1v) is 7.81. The lowest BCUT2D eigenvalue weighted by molar-refractivity contribution is 0.314. The zero-order chi connectivity index (χ0) is 14.2. The van der Waals surface area contributed by atoms with Crippen LogP contribution in [-0.4, -0.2) is 56.2 Å². The smallest absolute Gasteiger partial charge is 0.211 e. The molecule has 0 bridgehead atoms. The summed E-state index contributed by atoms with van der Waals surface area (Å²) in [5.74, 6) is 0.140. The molecule has 0 aliphatic carbocycles. The first-order valence-electron chi connectivity index (χ1n) is 5.96. The van der Waals surface area contributed by atoms with E-state index in [-0.39, 0.29) is 11.8 Å². The first-order chi connectivity index (χ1) is 8.32.